The Balaban J connectivity index is 1.68. The number of ether oxygens (including phenoxy) is 1. The first kappa shape index (κ1) is 18.3. The number of aromatic amines is 1. The lowest BCUT2D eigenvalue weighted by Crippen LogP contribution is -2.23. The molecule has 0 aliphatic carbocycles. The molecule has 0 aliphatic heterocycles. The number of aromatic nitrogens is 3. The number of methoxy groups -OCH3 is 1. The molecule has 0 unspecified atom stereocenters. The number of rotatable bonds is 6. The smallest absolute Gasteiger partial charge is 0.270 e. The molecule has 9 nitrogen and oxygen atoms in total. The van der Waals surface area contributed by atoms with Gasteiger partial charge in [-0.3, -0.25) is 20.0 Å². The molecule has 138 valence electrons. The second kappa shape index (κ2) is 7.83. The molecule has 2 N–H and O–H groups in total. The number of hydrogen-bond donors (Lipinski definition) is 2. The summed E-state index contributed by atoms with van der Waals surface area (Å²) in [5.74, 6) is 1.06. The molecule has 0 radical (unpaired) electrons. The van der Waals surface area contributed by atoms with Crippen LogP contribution in [0.25, 0.3) is 11.4 Å². The van der Waals surface area contributed by atoms with Crippen LogP contribution in [-0.4, -0.2) is 33.1 Å². The lowest BCUT2D eigenvalue weighted by atomic mass is 10.2. The van der Waals surface area contributed by atoms with E-state index in [0.717, 1.165) is 17.4 Å². The molecular weight excluding hydrogens is 374 g/mol. The maximum Gasteiger partial charge on any atom is 0.270 e. The van der Waals surface area contributed by atoms with Crippen LogP contribution in [-0.2, 0) is 6.54 Å². The largest absolute Gasteiger partial charge is 0.497 e. The molecule has 2 aromatic carbocycles. The number of nitro benzene ring substituents is 1. The van der Waals surface area contributed by atoms with Gasteiger partial charge < -0.3 is 10.1 Å². The topological polar surface area (TPSA) is 123 Å². The Labute approximate surface area is 158 Å². The fourth-order valence-corrected chi connectivity index (χ4v) is 2.51. The minimum atomic E-state index is -0.593. The first-order valence-corrected chi connectivity index (χ1v) is 8.13. The minimum absolute atomic E-state index is 0.0146. The number of hydrogen-bond acceptors (Lipinski definition) is 6. The molecule has 0 aliphatic rings. The maximum absolute atomic E-state index is 12.3. The van der Waals surface area contributed by atoms with Gasteiger partial charge in [-0.2, -0.15) is 5.10 Å². The number of H-pyrrole nitrogens is 1. The molecule has 3 aromatic rings. The Morgan fingerprint density at radius 2 is 2.04 bits per heavy atom. The molecule has 1 aromatic heterocycles. The highest BCUT2D eigenvalue weighted by Crippen LogP contribution is 2.22. The third kappa shape index (κ3) is 4.21. The highest BCUT2D eigenvalue weighted by molar-refractivity contribution is 6.33. The van der Waals surface area contributed by atoms with Gasteiger partial charge in [0.25, 0.3) is 11.6 Å². The summed E-state index contributed by atoms with van der Waals surface area (Å²) >= 11 is 5.96. The zero-order valence-electron chi connectivity index (χ0n) is 14.1. The lowest BCUT2D eigenvalue weighted by molar-refractivity contribution is -0.384. The van der Waals surface area contributed by atoms with E-state index in [2.05, 4.69) is 20.5 Å². The van der Waals surface area contributed by atoms with Crippen LogP contribution in [0.5, 0.6) is 5.75 Å². The van der Waals surface area contributed by atoms with Gasteiger partial charge in [0.05, 0.1) is 29.2 Å². The average molecular weight is 388 g/mol. The quantitative estimate of drug-likeness (QED) is 0.495. The van der Waals surface area contributed by atoms with Crippen molar-refractivity contribution in [1.29, 1.82) is 0 Å². The number of nitro groups is 1. The number of carbonyl (C=O) groups is 1. The van der Waals surface area contributed by atoms with E-state index in [1.54, 1.807) is 19.2 Å². The number of benzene rings is 2. The normalized spacial score (nSPS) is 10.4. The molecule has 10 heteroatoms. The molecule has 1 heterocycles. The van der Waals surface area contributed by atoms with Crippen molar-refractivity contribution in [3.8, 4) is 17.1 Å². The van der Waals surface area contributed by atoms with Gasteiger partial charge in [0.2, 0.25) is 0 Å². The number of nitrogens with one attached hydrogen (secondary N) is 2. The van der Waals surface area contributed by atoms with E-state index in [1.165, 1.54) is 12.1 Å². The zero-order chi connectivity index (χ0) is 19.4. The number of halogens is 1. The van der Waals surface area contributed by atoms with Crippen molar-refractivity contribution in [3.63, 3.8) is 0 Å². The van der Waals surface area contributed by atoms with Crippen LogP contribution in [0.3, 0.4) is 0 Å². The molecular formula is C17H14ClN5O4. The number of nitrogens with zero attached hydrogens (tertiary/aromatic N) is 3. The summed E-state index contributed by atoms with van der Waals surface area (Å²) in [6, 6.07) is 10.9. The molecule has 0 fully saturated rings. The summed E-state index contributed by atoms with van der Waals surface area (Å²) in [7, 11) is 1.58. The first-order chi connectivity index (χ1) is 13.0. The number of carbonyl (C=O) groups excluding carboxylic acids is 1. The second-order valence-corrected chi connectivity index (χ2v) is 5.85. The highest BCUT2D eigenvalue weighted by Gasteiger charge is 2.16. The van der Waals surface area contributed by atoms with E-state index < -0.39 is 10.8 Å². The Hall–Kier alpha value is -3.46. The van der Waals surface area contributed by atoms with Crippen molar-refractivity contribution in [2.24, 2.45) is 0 Å². The third-order valence-corrected chi connectivity index (χ3v) is 4.03. The molecule has 0 spiro atoms. The first-order valence-electron chi connectivity index (χ1n) is 7.76. The van der Waals surface area contributed by atoms with Gasteiger partial charge in [-0.15, -0.1) is 0 Å². The molecule has 0 bridgehead atoms. The van der Waals surface area contributed by atoms with E-state index in [0.29, 0.717) is 11.6 Å². The van der Waals surface area contributed by atoms with E-state index in [-0.39, 0.29) is 22.8 Å². The molecule has 0 saturated heterocycles. The van der Waals surface area contributed by atoms with Crippen molar-refractivity contribution < 1.29 is 14.5 Å². The third-order valence-electron chi connectivity index (χ3n) is 3.70. The fraction of sp³-hybridized carbons (Fsp3) is 0.118. The van der Waals surface area contributed by atoms with Crippen LogP contribution >= 0.6 is 11.6 Å². The molecule has 27 heavy (non-hydrogen) atoms. The second-order valence-electron chi connectivity index (χ2n) is 5.44. The van der Waals surface area contributed by atoms with Gasteiger partial charge in [0.15, 0.2) is 5.82 Å². The highest BCUT2D eigenvalue weighted by atomic mass is 35.5. The van der Waals surface area contributed by atoms with Crippen molar-refractivity contribution in [3.05, 3.63) is 69.0 Å². The average Bonchev–Trinajstić information content (AvgIpc) is 3.15. The van der Waals surface area contributed by atoms with E-state index in [4.69, 9.17) is 16.3 Å². The zero-order valence-corrected chi connectivity index (χ0v) is 14.9. The Kier molecular flexibility index (Phi) is 5.32. The summed E-state index contributed by atoms with van der Waals surface area (Å²) in [5, 5.41) is 20.4. The number of non-ortho nitro benzene ring substituents is 1. The molecule has 1 amide bonds. The van der Waals surface area contributed by atoms with Crippen LogP contribution in [0.15, 0.2) is 42.5 Å². The molecule has 0 atom stereocenters. The SMILES string of the molecule is COc1ccc(-c2n[nH]c(CNC(=O)c3cc([N+](=O)[O-])ccc3Cl)n2)cc1. The maximum atomic E-state index is 12.3. The summed E-state index contributed by atoms with van der Waals surface area (Å²) in [4.78, 5) is 26.8. The van der Waals surface area contributed by atoms with Crippen molar-refractivity contribution in [2.45, 2.75) is 6.54 Å². The summed E-state index contributed by atoms with van der Waals surface area (Å²) in [6.45, 7) is 0.0566. The summed E-state index contributed by atoms with van der Waals surface area (Å²) in [5.41, 5.74) is 0.582. The van der Waals surface area contributed by atoms with Crippen LogP contribution in [0.4, 0.5) is 5.69 Å². The van der Waals surface area contributed by atoms with Gasteiger partial charge >= 0.3 is 0 Å². The fourth-order valence-electron chi connectivity index (χ4n) is 2.30. The van der Waals surface area contributed by atoms with Gasteiger partial charge in [-0.1, -0.05) is 11.6 Å². The van der Waals surface area contributed by atoms with Crippen LogP contribution in [0.1, 0.15) is 16.2 Å². The van der Waals surface area contributed by atoms with Crippen LogP contribution in [0.2, 0.25) is 5.02 Å². The van der Waals surface area contributed by atoms with Crippen molar-refractivity contribution in [2.75, 3.05) is 7.11 Å². The standard InChI is InChI=1S/C17H14ClN5O4/c1-27-12-5-2-10(3-6-12)16-20-15(21-22-16)9-19-17(24)13-8-11(23(25)26)4-7-14(13)18/h2-8H,9H2,1H3,(H,19,24)(H,20,21,22). The summed E-state index contributed by atoms with van der Waals surface area (Å²) < 4.78 is 5.10. The van der Waals surface area contributed by atoms with E-state index in [1.807, 2.05) is 12.1 Å². The molecule has 0 saturated carbocycles. The van der Waals surface area contributed by atoms with Crippen LogP contribution < -0.4 is 10.1 Å². The van der Waals surface area contributed by atoms with Gasteiger partial charge in [-0.25, -0.2) is 4.98 Å². The predicted molar refractivity (Wildman–Crippen MR) is 97.6 cm³/mol. The lowest BCUT2D eigenvalue weighted by Gasteiger charge is -2.05. The Bertz CT molecular complexity index is 987. The summed E-state index contributed by atoms with van der Waals surface area (Å²) in [6.07, 6.45) is 0. The van der Waals surface area contributed by atoms with Crippen LogP contribution in [0, 0.1) is 10.1 Å². The van der Waals surface area contributed by atoms with Crippen molar-refractivity contribution >= 4 is 23.2 Å². The predicted octanol–water partition coefficient (Wildman–Crippen LogP) is 2.97. The number of amides is 1. The Morgan fingerprint density at radius 1 is 1.30 bits per heavy atom. The van der Waals surface area contributed by atoms with Crippen molar-refractivity contribution in [1.82, 2.24) is 20.5 Å². The molecule has 3 rings (SSSR count). The van der Waals surface area contributed by atoms with E-state index in [9.17, 15) is 14.9 Å². The Morgan fingerprint density at radius 3 is 2.70 bits per heavy atom. The van der Waals surface area contributed by atoms with Gasteiger partial charge in [-0.05, 0) is 30.3 Å². The van der Waals surface area contributed by atoms with Gasteiger partial charge in [0.1, 0.15) is 11.6 Å². The van der Waals surface area contributed by atoms with Gasteiger partial charge in [0, 0.05) is 17.7 Å². The minimum Gasteiger partial charge on any atom is -0.497 e. The van der Waals surface area contributed by atoms with E-state index >= 15 is 0 Å². The monoisotopic (exact) mass is 387 g/mol.